The fourth-order valence-corrected chi connectivity index (χ4v) is 6.13. The first-order valence-corrected chi connectivity index (χ1v) is 13.7. The first-order chi connectivity index (χ1) is 20.2. The number of carboxylic acids is 2. The number of fused-ring (bicyclic) bond motifs is 1. The molecular weight excluding hydrogens is 543 g/mol. The van der Waals surface area contributed by atoms with Crippen LogP contribution < -0.4 is 11.0 Å². The van der Waals surface area contributed by atoms with Crippen LogP contribution in [0.4, 0.5) is 4.39 Å². The van der Waals surface area contributed by atoms with Gasteiger partial charge in [0.15, 0.2) is 0 Å². The lowest BCUT2D eigenvalue weighted by Gasteiger charge is -2.36. The lowest BCUT2D eigenvalue weighted by Crippen LogP contribution is -2.40. The molecule has 1 fully saturated rings. The summed E-state index contributed by atoms with van der Waals surface area (Å²) in [4.78, 5) is 47.0. The number of likely N-dealkylation sites (N-methyl/N-ethyl adjacent to an activating group) is 1. The summed E-state index contributed by atoms with van der Waals surface area (Å²) in [5.41, 5.74) is 3.97. The van der Waals surface area contributed by atoms with Gasteiger partial charge in [-0.1, -0.05) is 36.4 Å². The number of hydrogen-bond donors (Lipinski definition) is 3. The zero-order valence-corrected chi connectivity index (χ0v) is 23.0. The zero-order valence-electron chi connectivity index (χ0n) is 23.0. The van der Waals surface area contributed by atoms with Gasteiger partial charge in [0.25, 0.3) is 0 Å². The van der Waals surface area contributed by atoms with Gasteiger partial charge in [-0.2, -0.15) is 0 Å². The van der Waals surface area contributed by atoms with Crippen molar-refractivity contribution in [3.8, 4) is 0 Å². The van der Waals surface area contributed by atoms with Crippen molar-refractivity contribution in [3.05, 3.63) is 94.2 Å². The number of aromatic nitrogens is 2. The largest absolute Gasteiger partial charge is 0.478 e. The van der Waals surface area contributed by atoms with Gasteiger partial charge in [-0.15, -0.1) is 0 Å². The van der Waals surface area contributed by atoms with Gasteiger partial charge in [-0.3, -0.25) is 18.8 Å². The molecule has 4 aromatic rings. The van der Waals surface area contributed by atoms with Crippen LogP contribution in [0.2, 0.25) is 0 Å². The minimum atomic E-state index is -1.26. The van der Waals surface area contributed by atoms with Crippen LogP contribution >= 0.6 is 0 Å². The van der Waals surface area contributed by atoms with Gasteiger partial charge in [-0.25, -0.2) is 18.8 Å². The van der Waals surface area contributed by atoms with E-state index in [4.69, 9.17) is 10.2 Å². The maximum absolute atomic E-state index is 14.4. The molecule has 0 bridgehead atoms. The number of nitrogens with zero attached hydrogens (tertiary/aromatic N) is 3. The van der Waals surface area contributed by atoms with Crippen LogP contribution in [0, 0.1) is 5.82 Å². The molecule has 1 aliphatic heterocycles. The smallest absolute Gasteiger partial charge is 0.329 e. The van der Waals surface area contributed by atoms with E-state index in [1.165, 1.54) is 11.1 Å². The van der Waals surface area contributed by atoms with Crippen LogP contribution in [-0.4, -0.2) is 62.2 Å². The Balaban J connectivity index is 0.000000390. The normalized spacial score (nSPS) is 17.0. The molecule has 0 saturated carbocycles. The molecule has 1 aliphatic carbocycles. The summed E-state index contributed by atoms with van der Waals surface area (Å²) < 4.78 is 17.8. The molecule has 3 aromatic carbocycles. The Hall–Kier alpha value is -4.77. The van der Waals surface area contributed by atoms with Crippen molar-refractivity contribution in [3.63, 3.8) is 0 Å². The number of halogens is 1. The molecule has 1 amide bonds. The third-order valence-corrected chi connectivity index (χ3v) is 8.00. The summed E-state index contributed by atoms with van der Waals surface area (Å²) >= 11 is 0. The Morgan fingerprint density at radius 2 is 1.62 bits per heavy atom. The number of nitrogens with one attached hydrogen (secondary N) is 1. The number of carbonyl (C=O) groups is 3. The van der Waals surface area contributed by atoms with Crippen LogP contribution in [0.3, 0.4) is 0 Å². The molecule has 6 rings (SSSR count). The van der Waals surface area contributed by atoms with Crippen LogP contribution in [0.15, 0.2) is 71.5 Å². The molecule has 0 spiro atoms. The molecule has 42 heavy (non-hydrogen) atoms. The number of aliphatic carboxylic acids is 2. The second-order valence-corrected chi connectivity index (χ2v) is 10.4. The molecule has 2 heterocycles. The van der Waals surface area contributed by atoms with E-state index in [9.17, 15) is 23.6 Å². The van der Waals surface area contributed by atoms with Crippen LogP contribution in [-0.2, 0) is 27.3 Å². The Kier molecular flexibility index (Phi) is 8.21. The van der Waals surface area contributed by atoms with Crippen molar-refractivity contribution in [2.75, 3.05) is 20.1 Å². The minimum Gasteiger partial charge on any atom is -0.478 e. The first kappa shape index (κ1) is 28.7. The summed E-state index contributed by atoms with van der Waals surface area (Å²) in [5.74, 6) is -2.86. The van der Waals surface area contributed by atoms with Crippen LogP contribution in [0.25, 0.3) is 21.8 Å². The second-order valence-electron chi connectivity index (χ2n) is 10.4. The Bertz CT molecular complexity index is 1750. The van der Waals surface area contributed by atoms with E-state index in [1.807, 2.05) is 47.0 Å². The average molecular weight is 575 g/mol. The molecule has 1 saturated heterocycles. The standard InChI is InChI=1S/C27H27FN4O2.C4H4O4/c1-29-25(33)16-31-22-7-2-3-8-23(22)32(27(31)34)18-11-13-30(14-12-18)24-15-17-9-10-21(28)19-5-4-6-20(24)26(17)19;5-3(6)1-2-4(7)8/h2-10,18,24H,11-16H2,1H3,(H,29,33);1-2H,(H,5,6)(H,7,8). The number of amides is 1. The highest BCUT2D eigenvalue weighted by Gasteiger charge is 2.33. The summed E-state index contributed by atoms with van der Waals surface area (Å²) in [7, 11) is 1.58. The fourth-order valence-electron chi connectivity index (χ4n) is 6.13. The molecule has 10 nitrogen and oxygen atoms in total. The minimum absolute atomic E-state index is 0.0165. The van der Waals surface area contributed by atoms with Gasteiger partial charge < -0.3 is 15.5 Å². The Labute approximate surface area is 240 Å². The molecule has 1 unspecified atom stereocenters. The monoisotopic (exact) mass is 574 g/mol. The molecule has 11 heteroatoms. The van der Waals surface area contributed by atoms with Gasteiger partial charge in [0.2, 0.25) is 5.91 Å². The van der Waals surface area contributed by atoms with E-state index in [0.717, 1.165) is 48.8 Å². The Morgan fingerprint density at radius 1 is 0.952 bits per heavy atom. The predicted octanol–water partition coefficient (Wildman–Crippen LogP) is 3.49. The molecule has 1 aromatic heterocycles. The highest BCUT2D eigenvalue weighted by molar-refractivity contribution is 5.92. The summed E-state index contributed by atoms with van der Waals surface area (Å²) in [6.07, 6.45) is 3.72. The van der Waals surface area contributed by atoms with E-state index < -0.39 is 11.9 Å². The van der Waals surface area contributed by atoms with Gasteiger partial charge in [0, 0.05) is 49.8 Å². The molecule has 218 valence electrons. The van der Waals surface area contributed by atoms with Crippen molar-refractivity contribution in [2.45, 2.75) is 37.9 Å². The van der Waals surface area contributed by atoms with Crippen LogP contribution in [0.1, 0.15) is 36.1 Å². The number of carbonyl (C=O) groups excluding carboxylic acids is 1. The van der Waals surface area contributed by atoms with Gasteiger partial charge in [-0.05, 0) is 54.0 Å². The van der Waals surface area contributed by atoms with E-state index in [1.54, 1.807) is 17.7 Å². The SMILES string of the molecule is CNC(=O)Cn1c(=O)n(C2CCN(C3Cc4ccc(F)c5cccc3c45)CC2)c2ccccc21.O=C(O)C=CC(=O)O. The van der Waals surface area contributed by atoms with Crippen molar-refractivity contribution < 1.29 is 29.0 Å². The Morgan fingerprint density at radius 3 is 2.26 bits per heavy atom. The molecule has 0 radical (unpaired) electrons. The third kappa shape index (κ3) is 5.55. The zero-order chi connectivity index (χ0) is 30.0. The average Bonchev–Trinajstić information content (AvgIpc) is 3.50. The fraction of sp³-hybridized carbons (Fsp3) is 0.290. The lowest BCUT2D eigenvalue weighted by atomic mass is 9.99. The maximum atomic E-state index is 14.4. The van der Waals surface area contributed by atoms with Gasteiger partial charge >= 0.3 is 17.6 Å². The quantitative estimate of drug-likeness (QED) is 0.300. The topological polar surface area (TPSA) is 134 Å². The van der Waals surface area contributed by atoms with E-state index in [0.29, 0.717) is 17.5 Å². The third-order valence-electron chi connectivity index (χ3n) is 8.00. The number of carboxylic acid groups (broad SMARTS) is 2. The molecule has 2 aliphatic rings. The van der Waals surface area contributed by atoms with E-state index in [-0.39, 0.29) is 36.0 Å². The number of para-hydroxylation sites is 2. The number of hydrogen-bond acceptors (Lipinski definition) is 5. The number of piperidine rings is 1. The number of likely N-dealkylation sites (tertiary alicyclic amines) is 1. The molecule has 1 atom stereocenters. The molecular formula is C31H31FN4O6. The maximum Gasteiger partial charge on any atom is 0.329 e. The first-order valence-electron chi connectivity index (χ1n) is 13.7. The van der Waals surface area contributed by atoms with Crippen molar-refractivity contribution in [1.82, 2.24) is 19.4 Å². The molecule has 3 N–H and O–H groups in total. The lowest BCUT2D eigenvalue weighted by molar-refractivity contribution is -0.134. The summed E-state index contributed by atoms with van der Waals surface area (Å²) in [6, 6.07) is 17.5. The van der Waals surface area contributed by atoms with Gasteiger partial charge in [0.05, 0.1) is 11.0 Å². The van der Waals surface area contributed by atoms with E-state index in [2.05, 4.69) is 16.3 Å². The predicted molar refractivity (Wildman–Crippen MR) is 155 cm³/mol. The summed E-state index contributed by atoms with van der Waals surface area (Å²) in [6.45, 7) is 1.75. The van der Waals surface area contributed by atoms with Gasteiger partial charge in [0.1, 0.15) is 12.4 Å². The highest BCUT2D eigenvalue weighted by Crippen LogP contribution is 2.42. The highest BCUT2D eigenvalue weighted by atomic mass is 19.1. The van der Waals surface area contributed by atoms with Crippen molar-refractivity contribution >= 4 is 39.7 Å². The number of imidazole rings is 1. The number of benzene rings is 3. The van der Waals surface area contributed by atoms with E-state index >= 15 is 0 Å². The van der Waals surface area contributed by atoms with Crippen molar-refractivity contribution in [2.24, 2.45) is 0 Å². The van der Waals surface area contributed by atoms with Crippen molar-refractivity contribution in [1.29, 1.82) is 0 Å². The number of rotatable bonds is 6. The second kappa shape index (κ2) is 12.0. The summed E-state index contributed by atoms with van der Waals surface area (Å²) in [5, 5.41) is 20.0. The van der Waals surface area contributed by atoms with Crippen LogP contribution in [0.5, 0.6) is 0 Å².